The van der Waals surface area contributed by atoms with Crippen molar-refractivity contribution in [3.8, 4) is 0 Å². The van der Waals surface area contributed by atoms with Gasteiger partial charge in [-0.3, -0.25) is 4.99 Å². The largest absolute Gasteiger partial charge is 0.309 e. The molecule has 0 aliphatic heterocycles. The average molecular weight is 143 g/mol. The molecule has 0 bridgehead atoms. The molecule has 0 spiro atoms. The Hall–Kier alpha value is -0.570. The highest BCUT2D eigenvalue weighted by molar-refractivity contribution is 5.83. The highest BCUT2D eigenvalue weighted by atomic mass is 15.4. The fourth-order valence-electron chi connectivity index (χ4n) is 0.637. The molecule has 3 heteroatoms. The van der Waals surface area contributed by atoms with Gasteiger partial charge in [-0.1, -0.05) is 20.8 Å². The fraction of sp³-hybridized carbons (Fsp3) is 0.857. The molecule has 60 valence electrons. The quantitative estimate of drug-likeness (QED) is 0.348. The van der Waals surface area contributed by atoms with E-state index in [1.54, 1.807) is 7.05 Å². The van der Waals surface area contributed by atoms with E-state index in [-0.39, 0.29) is 0 Å². The summed E-state index contributed by atoms with van der Waals surface area (Å²) in [5.74, 6) is 1.46. The van der Waals surface area contributed by atoms with Crippen LogP contribution in [0.3, 0.4) is 0 Å². The highest BCUT2D eigenvalue weighted by Gasteiger charge is 2.00. The zero-order valence-corrected chi connectivity index (χ0v) is 7.23. The predicted molar refractivity (Wildman–Crippen MR) is 45.0 cm³/mol. The van der Waals surface area contributed by atoms with Crippen LogP contribution in [-0.4, -0.2) is 19.4 Å². The molecule has 0 aromatic heterocycles. The zero-order valence-electron chi connectivity index (χ0n) is 7.23. The minimum Gasteiger partial charge on any atom is -0.309 e. The lowest BCUT2D eigenvalue weighted by Crippen LogP contribution is -2.39. The number of nitrogens with zero attached hydrogens (tertiary/aromatic N) is 1. The summed E-state index contributed by atoms with van der Waals surface area (Å²) < 4.78 is 0. The monoisotopic (exact) mass is 143 g/mol. The summed E-state index contributed by atoms with van der Waals surface area (Å²) >= 11 is 0. The van der Waals surface area contributed by atoms with Gasteiger partial charge in [0.1, 0.15) is 5.84 Å². The van der Waals surface area contributed by atoms with Crippen LogP contribution in [0.1, 0.15) is 20.8 Å². The summed E-state index contributed by atoms with van der Waals surface area (Å²) in [6.45, 7) is 7.16. The number of rotatable bonds is 3. The van der Waals surface area contributed by atoms with Gasteiger partial charge in [-0.05, 0) is 0 Å². The van der Waals surface area contributed by atoms with Crippen molar-refractivity contribution in [1.29, 1.82) is 0 Å². The van der Waals surface area contributed by atoms with Crippen molar-refractivity contribution in [2.75, 3.05) is 13.6 Å². The van der Waals surface area contributed by atoms with E-state index < -0.39 is 0 Å². The SMILES string of the molecule is CCNNC(=NC)C(C)C. The molecule has 2 N–H and O–H groups in total. The minimum absolute atomic E-state index is 0.462. The van der Waals surface area contributed by atoms with Crippen molar-refractivity contribution >= 4 is 5.84 Å². The van der Waals surface area contributed by atoms with Gasteiger partial charge in [0.25, 0.3) is 0 Å². The molecule has 10 heavy (non-hydrogen) atoms. The van der Waals surface area contributed by atoms with Gasteiger partial charge >= 0.3 is 0 Å². The van der Waals surface area contributed by atoms with Gasteiger partial charge in [0.15, 0.2) is 0 Å². The van der Waals surface area contributed by atoms with Crippen LogP contribution in [0.25, 0.3) is 0 Å². The van der Waals surface area contributed by atoms with E-state index in [0.29, 0.717) is 5.92 Å². The van der Waals surface area contributed by atoms with E-state index in [4.69, 9.17) is 0 Å². The number of hydrogen-bond acceptors (Lipinski definition) is 2. The van der Waals surface area contributed by atoms with Crippen LogP contribution >= 0.6 is 0 Å². The Labute approximate surface area is 62.9 Å². The van der Waals surface area contributed by atoms with Crippen molar-refractivity contribution in [1.82, 2.24) is 10.9 Å². The first kappa shape index (κ1) is 9.43. The normalized spacial score (nSPS) is 12.3. The molecule has 0 amide bonds. The third-order valence-corrected chi connectivity index (χ3v) is 1.18. The first-order valence-electron chi connectivity index (χ1n) is 3.67. The van der Waals surface area contributed by atoms with Crippen LogP contribution in [0, 0.1) is 5.92 Å². The Kier molecular flexibility index (Phi) is 4.94. The van der Waals surface area contributed by atoms with Crippen LogP contribution in [0.2, 0.25) is 0 Å². The number of aliphatic imine (C=N–C) groups is 1. The molecule has 0 saturated carbocycles. The molecule has 0 fully saturated rings. The van der Waals surface area contributed by atoms with Crippen molar-refractivity contribution < 1.29 is 0 Å². The third-order valence-electron chi connectivity index (χ3n) is 1.18. The summed E-state index contributed by atoms with van der Waals surface area (Å²) in [6.07, 6.45) is 0. The second-order valence-electron chi connectivity index (χ2n) is 2.42. The van der Waals surface area contributed by atoms with E-state index in [9.17, 15) is 0 Å². The first-order valence-corrected chi connectivity index (χ1v) is 3.67. The van der Waals surface area contributed by atoms with Crippen LogP contribution in [0.15, 0.2) is 4.99 Å². The molecule has 3 nitrogen and oxygen atoms in total. The molecule has 0 unspecified atom stereocenters. The second kappa shape index (κ2) is 5.23. The molecule has 0 aromatic carbocycles. The van der Waals surface area contributed by atoms with E-state index in [1.807, 2.05) is 6.92 Å². The maximum absolute atomic E-state index is 4.07. The Morgan fingerprint density at radius 2 is 2.10 bits per heavy atom. The summed E-state index contributed by atoms with van der Waals surface area (Å²) in [5, 5.41) is 0. The standard InChI is InChI=1S/C7H17N3/c1-5-9-10-7(8-4)6(2)3/h6,9H,5H2,1-4H3,(H,8,10). The van der Waals surface area contributed by atoms with Crippen molar-refractivity contribution in [3.63, 3.8) is 0 Å². The molecule has 0 atom stereocenters. The van der Waals surface area contributed by atoms with Crippen LogP contribution in [0.5, 0.6) is 0 Å². The van der Waals surface area contributed by atoms with Crippen LogP contribution in [0.4, 0.5) is 0 Å². The van der Waals surface area contributed by atoms with Gasteiger partial charge in [-0.25, -0.2) is 5.43 Å². The summed E-state index contributed by atoms with van der Waals surface area (Å²) in [5.41, 5.74) is 6.02. The maximum Gasteiger partial charge on any atom is 0.113 e. The lowest BCUT2D eigenvalue weighted by atomic mass is 10.2. The molecular weight excluding hydrogens is 126 g/mol. The molecular formula is C7H17N3. The fourth-order valence-corrected chi connectivity index (χ4v) is 0.637. The smallest absolute Gasteiger partial charge is 0.113 e. The Morgan fingerprint density at radius 1 is 1.50 bits per heavy atom. The molecule has 0 aliphatic rings. The van der Waals surface area contributed by atoms with E-state index in [1.165, 1.54) is 0 Å². The van der Waals surface area contributed by atoms with Crippen molar-refractivity contribution in [3.05, 3.63) is 0 Å². The van der Waals surface area contributed by atoms with E-state index >= 15 is 0 Å². The summed E-state index contributed by atoms with van der Waals surface area (Å²) in [4.78, 5) is 4.07. The van der Waals surface area contributed by atoms with Gasteiger partial charge in [0.2, 0.25) is 0 Å². The number of hydrogen-bond donors (Lipinski definition) is 2. The first-order chi connectivity index (χ1) is 4.72. The predicted octanol–water partition coefficient (Wildman–Crippen LogP) is 0.785. The Balaban J connectivity index is 3.63. The number of hydrazine groups is 1. The topological polar surface area (TPSA) is 36.4 Å². The van der Waals surface area contributed by atoms with E-state index in [2.05, 4.69) is 29.7 Å². The molecule has 0 heterocycles. The zero-order chi connectivity index (χ0) is 7.98. The highest BCUT2D eigenvalue weighted by Crippen LogP contribution is 1.91. The van der Waals surface area contributed by atoms with Crippen LogP contribution < -0.4 is 10.9 Å². The lowest BCUT2D eigenvalue weighted by Gasteiger charge is -2.11. The van der Waals surface area contributed by atoms with Gasteiger partial charge in [-0.2, -0.15) is 0 Å². The average Bonchev–Trinajstić information content (AvgIpc) is 1.89. The molecule has 0 rings (SSSR count). The van der Waals surface area contributed by atoms with Crippen molar-refractivity contribution in [2.24, 2.45) is 10.9 Å². The number of nitrogens with one attached hydrogen (secondary N) is 2. The molecule has 0 saturated heterocycles. The van der Waals surface area contributed by atoms with E-state index in [0.717, 1.165) is 12.4 Å². The van der Waals surface area contributed by atoms with Gasteiger partial charge in [0.05, 0.1) is 0 Å². The molecule has 0 aliphatic carbocycles. The van der Waals surface area contributed by atoms with Gasteiger partial charge in [0, 0.05) is 19.5 Å². The lowest BCUT2D eigenvalue weighted by molar-refractivity contribution is 0.651. The van der Waals surface area contributed by atoms with Crippen molar-refractivity contribution in [2.45, 2.75) is 20.8 Å². The van der Waals surface area contributed by atoms with Gasteiger partial charge in [-0.15, -0.1) is 0 Å². The minimum atomic E-state index is 0.462. The Morgan fingerprint density at radius 3 is 2.40 bits per heavy atom. The maximum atomic E-state index is 4.07. The van der Waals surface area contributed by atoms with Gasteiger partial charge < -0.3 is 5.43 Å². The second-order valence-corrected chi connectivity index (χ2v) is 2.42. The summed E-state index contributed by atoms with van der Waals surface area (Å²) in [7, 11) is 1.79. The molecule has 0 radical (unpaired) electrons. The summed E-state index contributed by atoms with van der Waals surface area (Å²) in [6, 6.07) is 0. The Bertz CT molecular complexity index is 107. The molecule has 0 aromatic rings. The van der Waals surface area contributed by atoms with Crippen LogP contribution in [-0.2, 0) is 0 Å². The number of amidine groups is 1. The third kappa shape index (κ3) is 3.45.